The summed E-state index contributed by atoms with van der Waals surface area (Å²) in [6.07, 6.45) is 5.07. The molecule has 84 valence electrons. The molecule has 0 aliphatic carbocycles. The monoisotopic (exact) mass is 200 g/mol. The summed E-state index contributed by atoms with van der Waals surface area (Å²) >= 11 is 0. The van der Waals surface area contributed by atoms with Gasteiger partial charge in [0, 0.05) is 20.3 Å². The van der Waals surface area contributed by atoms with Crippen molar-refractivity contribution in [2.45, 2.75) is 25.7 Å². The highest BCUT2D eigenvalue weighted by molar-refractivity contribution is 4.70. The molecule has 0 aromatic rings. The molecular weight excluding hydrogens is 176 g/mol. The number of hydrogen-bond acceptors (Lipinski definition) is 3. The summed E-state index contributed by atoms with van der Waals surface area (Å²) in [5.74, 6) is 0.766. The van der Waals surface area contributed by atoms with Crippen LogP contribution < -0.4 is 5.73 Å². The quantitative estimate of drug-likeness (QED) is 0.675. The van der Waals surface area contributed by atoms with E-state index in [4.69, 9.17) is 10.5 Å². The molecule has 0 amide bonds. The van der Waals surface area contributed by atoms with E-state index in [1.165, 1.54) is 38.9 Å². The molecule has 3 nitrogen and oxygen atoms in total. The first-order valence-corrected chi connectivity index (χ1v) is 5.78. The third-order valence-electron chi connectivity index (χ3n) is 3.10. The van der Waals surface area contributed by atoms with Crippen molar-refractivity contribution in [1.29, 1.82) is 0 Å². The van der Waals surface area contributed by atoms with Gasteiger partial charge in [0.1, 0.15) is 0 Å². The lowest BCUT2D eigenvalue weighted by Crippen LogP contribution is -2.27. The van der Waals surface area contributed by atoms with Crippen LogP contribution in [0.2, 0.25) is 0 Å². The van der Waals surface area contributed by atoms with Gasteiger partial charge in [-0.15, -0.1) is 0 Å². The van der Waals surface area contributed by atoms with Crippen molar-refractivity contribution in [3.63, 3.8) is 0 Å². The Hall–Kier alpha value is -0.120. The van der Waals surface area contributed by atoms with Gasteiger partial charge in [-0.2, -0.15) is 0 Å². The maximum atomic E-state index is 5.70. The zero-order valence-corrected chi connectivity index (χ0v) is 9.37. The topological polar surface area (TPSA) is 38.5 Å². The predicted molar refractivity (Wildman–Crippen MR) is 59.3 cm³/mol. The number of nitrogens with two attached hydrogens (primary N) is 1. The Bertz CT molecular complexity index is 141. The molecule has 0 bridgehead atoms. The Kier molecular flexibility index (Phi) is 6.15. The van der Waals surface area contributed by atoms with Crippen LogP contribution >= 0.6 is 0 Å². The first-order valence-electron chi connectivity index (χ1n) is 5.78. The molecule has 1 saturated heterocycles. The van der Waals surface area contributed by atoms with Crippen molar-refractivity contribution in [2.24, 2.45) is 11.7 Å². The molecule has 0 radical (unpaired) electrons. The van der Waals surface area contributed by atoms with E-state index in [-0.39, 0.29) is 0 Å². The predicted octanol–water partition coefficient (Wildman–Crippen LogP) is 1.08. The molecule has 1 aliphatic heterocycles. The van der Waals surface area contributed by atoms with Crippen LogP contribution in [0.4, 0.5) is 0 Å². The van der Waals surface area contributed by atoms with Crippen LogP contribution in [0.15, 0.2) is 0 Å². The molecule has 1 unspecified atom stereocenters. The summed E-state index contributed by atoms with van der Waals surface area (Å²) in [5.41, 5.74) is 5.70. The standard InChI is InChI=1S/C11H24N2O/c1-14-9-3-7-13-6-2-4-11(10-12)5-8-13/h11H,2-10,12H2,1H3. The van der Waals surface area contributed by atoms with E-state index in [1.807, 2.05) is 0 Å². The number of ether oxygens (including phenoxy) is 1. The van der Waals surface area contributed by atoms with Crippen LogP contribution in [0.1, 0.15) is 25.7 Å². The van der Waals surface area contributed by atoms with Crippen LogP contribution in [-0.2, 0) is 4.74 Å². The fourth-order valence-corrected chi connectivity index (χ4v) is 2.12. The molecular formula is C11H24N2O. The molecule has 1 heterocycles. The Balaban J connectivity index is 2.14. The summed E-state index contributed by atoms with van der Waals surface area (Å²) in [6.45, 7) is 5.42. The maximum absolute atomic E-state index is 5.70. The smallest absolute Gasteiger partial charge is 0.0474 e. The van der Waals surface area contributed by atoms with E-state index in [0.717, 1.165) is 25.5 Å². The summed E-state index contributed by atoms with van der Waals surface area (Å²) in [4.78, 5) is 2.55. The van der Waals surface area contributed by atoms with E-state index in [1.54, 1.807) is 7.11 Å². The Morgan fingerprint density at radius 1 is 1.36 bits per heavy atom. The number of methoxy groups -OCH3 is 1. The number of rotatable bonds is 5. The first-order chi connectivity index (χ1) is 6.86. The fourth-order valence-electron chi connectivity index (χ4n) is 2.12. The van der Waals surface area contributed by atoms with Gasteiger partial charge in [0.05, 0.1) is 0 Å². The van der Waals surface area contributed by atoms with Gasteiger partial charge in [-0.05, 0) is 51.2 Å². The molecule has 1 rings (SSSR count). The lowest BCUT2D eigenvalue weighted by atomic mass is 10.0. The summed E-state index contributed by atoms with van der Waals surface area (Å²) in [7, 11) is 1.77. The van der Waals surface area contributed by atoms with Crippen LogP contribution in [0.5, 0.6) is 0 Å². The normalized spacial score (nSPS) is 24.9. The van der Waals surface area contributed by atoms with Gasteiger partial charge in [0.25, 0.3) is 0 Å². The summed E-state index contributed by atoms with van der Waals surface area (Å²) in [6, 6.07) is 0. The van der Waals surface area contributed by atoms with E-state index in [9.17, 15) is 0 Å². The highest BCUT2D eigenvalue weighted by atomic mass is 16.5. The van der Waals surface area contributed by atoms with Gasteiger partial charge in [0.15, 0.2) is 0 Å². The van der Waals surface area contributed by atoms with Gasteiger partial charge in [-0.25, -0.2) is 0 Å². The van der Waals surface area contributed by atoms with Crippen molar-refractivity contribution >= 4 is 0 Å². The molecule has 1 atom stereocenters. The number of hydrogen-bond donors (Lipinski definition) is 1. The van der Waals surface area contributed by atoms with E-state index >= 15 is 0 Å². The van der Waals surface area contributed by atoms with Crippen molar-refractivity contribution < 1.29 is 4.74 Å². The summed E-state index contributed by atoms with van der Waals surface area (Å²) in [5, 5.41) is 0. The molecule has 0 spiro atoms. The average molecular weight is 200 g/mol. The van der Waals surface area contributed by atoms with Crippen molar-refractivity contribution in [2.75, 3.05) is 39.9 Å². The molecule has 0 saturated carbocycles. The molecule has 0 aromatic heterocycles. The molecule has 2 N–H and O–H groups in total. The van der Waals surface area contributed by atoms with Crippen molar-refractivity contribution in [3.8, 4) is 0 Å². The minimum absolute atomic E-state index is 0.766. The second-order valence-corrected chi connectivity index (χ2v) is 4.22. The second kappa shape index (κ2) is 7.21. The highest BCUT2D eigenvalue weighted by Gasteiger charge is 2.14. The first kappa shape index (κ1) is 12.0. The Labute approximate surface area is 87.6 Å². The minimum atomic E-state index is 0.766. The van der Waals surface area contributed by atoms with Crippen LogP contribution in [0.25, 0.3) is 0 Å². The second-order valence-electron chi connectivity index (χ2n) is 4.22. The van der Waals surface area contributed by atoms with Crippen molar-refractivity contribution in [1.82, 2.24) is 4.90 Å². The van der Waals surface area contributed by atoms with E-state index in [2.05, 4.69) is 4.90 Å². The highest BCUT2D eigenvalue weighted by Crippen LogP contribution is 2.16. The zero-order valence-electron chi connectivity index (χ0n) is 9.37. The fraction of sp³-hybridized carbons (Fsp3) is 1.00. The van der Waals surface area contributed by atoms with E-state index in [0.29, 0.717) is 0 Å². The lowest BCUT2D eigenvalue weighted by molar-refractivity contribution is 0.172. The Morgan fingerprint density at radius 3 is 2.93 bits per heavy atom. The lowest BCUT2D eigenvalue weighted by Gasteiger charge is -2.19. The third kappa shape index (κ3) is 4.40. The van der Waals surface area contributed by atoms with Gasteiger partial charge in [-0.1, -0.05) is 0 Å². The average Bonchev–Trinajstić information content (AvgIpc) is 2.43. The van der Waals surface area contributed by atoms with Crippen LogP contribution in [0.3, 0.4) is 0 Å². The van der Waals surface area contributed by atoms with Crippen molar-refractivity contribution in [3.05, 3.63) is 0 Å². The zero-order chi connectivity index (χ0) is 10.2. The molecule has 14 heavy (non-hydrogen) atoms. The van der Waals surface area contributed by atoms with Crippen LogP contribution in [-0.4, -0.2) is 44.8 Å². The van der Waals surface area contributed by atoms with Gasteiger partial charge < -0.3 is 15.4 Å². The Morgan fingerprint density at radius 2 is 2.21 bits per heavy atom. The maximum Gasteiger partial charge on any atom is 0.0474 e. The molecule has 1 fully saturated rings. The van der Waals surface area contributed by atoms with Gasteiger partial charge in [0.2, 0.25) is 0 Å². The largest absolute Gasteiger partial charge is 0.385 e. The number of nitrogens with zero attached hydrogens (tertiary/aromatic N) is 1. The minimum Gasteiger partial charge on any atom is -0.385 e. The van der Waals surface area contributed by atoms with Crippen LogP contribution in [0, 0.1) is 5.92 Å². The van der Waals surface area contributed by atoms with Gasteiger partial charge >= 0.3 is 0 Å². The molecule has 0 aromatic carbocycles. The van der Waals surface area contributed by atoms with Gasteiger partial charge in [-0.3, -0.25) is 0 Å². The number of likely N-dealkylation sites (tertiary alicyclic amines) is 1. The molecule has 1 aliphatic rings. The molecule has 3 heteroatoms. The van der Waals surface area contributed by atoms with E-state index < -0.39 is 0 Å². The third-order valence-corrected chi connectivity index (χ3v) is 3.10. The SMILES string of the molecule is COCCCN1CCCC(CN)CC1. The summed E-state index contributed by atoms with van der Waals surface area (Å²) < 4.78 is 5.06.